The molecule has 2 aromatic rings. The quantitative estimate of drug-likeness (QED) is 0.799. The van der Waals surface area contributed by atoms with E-state index in [1.165, 1.54) is 0 Å². The number of aryl methyl sites for hydroxylation is 1. The zero-order valence-electron chi connectivity index (χ0n) is 10.1. The predicted molar refractivity (Wildman–Crippen MR) is 86.3 cm³/mol. The molecule has 0 heterocycles. The van der Waals surface area contributed by atoms with Crippen molar-refractivity contribution in [2.45, 2.75) is 6.92 Å². The molecule has 0 aliphatic rings. The summed E-state index contributed by atoms with van der Waals surface area (Å²) in [5.41, 5.74) is 7.37. The minimum absolute atomic E-state index is 0.212. The van der Waals surface area contributed by atoms with E-state index < -0.39 is 0 Å². The Morgan fingerprint density at radius 2 is 2.00 bits per heavy atom. The molecule has 0 aliphatic carbocycles. The minimum atomic E-state index is 0.212. The highest BCUT2D eigenvalue weighted by atomic mass is 79.9. The van der Waals surface area contributed by atoms with Crippen molar-refractivity contribution < 1.29 is 4.74 Å². The maximum absolute atomic E-state index is 6.10. The van der Waals surface area contributed by atoms with Crippen LogP contribution < -0.4 is 10.5 Å². The molecule has 2 rings (SSSR count). The molecule has 0 amide bonds. The van der Waals surface area contributed by atoms with Gasteiger partial charge in [0.15, 0.2) is 0 Å². The molecule has 2 aromatic carbocycles. The lowest BCUT2D eigenvalue weighted by Crippen LogP contribution is -2.11. The van der Waals surface area contributed by atoms with Crippen LogP contribution in [-0.2, 0) is 0 Å². The molecular weight excluding hydrogens is 346 g/mol. The van der Waals surface area contributed by atoms with Crippen molar-refractivity contribution in [2.24, 2.45) is 5.73 Å². The molecule has 5 heteroatoms. The van der Waals surface area contributed by atoms with Gasteiger partial charge < -0.3 is 10.5 Å². The molecule has 2 nitrogen and oxygen atoms in total. The second-order valence-electron chi connectivity index (χ2n) is 4.01. The average Bonchev–Trinajstić information content (AvgIpc) is 2.32. The highest BCUT2D eigenvalue weighted by molar-refractivity contribution is 9.10. The van der Waals surface area contributed by atoms with Gasteiger partial charge >= 0.3 is 0 Å². The van der Waals surface area contributed by atoms with E-state index in [1.807, 2.05) is 25.1 Å². The van der Waals surface area contributed by atoms with Crippen molar-refractivity contribution in [1.82, 2.24) is 0 Å². The molecule has 98 valence electrons. The molecule has 2 N–H and O–H groups in total. The first kappa shape index (κ1) is 14.3. The van der Waals surface area contributed by atoms with E-state index in [1.54, 1.807) is 18.2 Å². The van der Waals surface area contributed by atoms with E-state index in [2.05, 4.69) is 15.9 Å². The molecule has 0 aromatic heterocycles. The van der Waals surface area contributed by atoms with Gasteiger partial charge in [-0.15, -0.1) is 0 Å². The third-order valence-corrected chi connectivity index (χ3v) is 3.67. The lowest BCUT2D eigenvalue weighted by atomic mass is 10.2. The number of halogens is 2. The first-order valence-corrected chi connectivity index (χ1v) is 7.09. The van der Waals surface area contributed by atoms with E-state index >= 15 is 0 Å². The number of rotatable bonds is 3. The van der Waals surface area contributed by atoms with Crippen LogP contribution in [-0.4, -0.2) is 4.99 Å². The molecule has 0 unspecified atom stereocenters. The first-order valence-electron chi connectivity index (χ1n) is 5.51. The Balaban J connectivity index is 2.44. The Labute approximate surface area is 130 Å². The van der Waals surface area contributed by atoms with Crippen LogP contribution in [0.5, 0.6) is 11.5 Å². The summed E-state index contributed by atoms with van der Waals surface area (Å²) in [6.07, 6.45) is 0. The summed E-state index contributed by atoms with van der Waals surface area (Å²) in [6, 6.07) is 11.1. The maximum Gasteiger partial charge on any atom is 0.141 e. The smallest absolute Gasteiger partial charge is 0.141 e. The van der Waals surface area contributed by atoms with Gasteiger partial charge in [-0.05, 0) is 52.7 Å². The molecule has 0 aliphatic heterocycles. The summed E-state index contributed by atoms with van der Waals surface area (Å²) < 4.78 is 6.70. The molecular formula is C14H11BrClNOS. The Hall–Kier alpha value is -1.10. The van der Waals surface area contributed by atoms with Gasteiger partial charge in [-0.25, -0.2) is 0 Å². The number of hydrogen-bond acceptors (Lipinski definition) is 2. The van der Waals surface area contributed by atoms with Crippen molar-refractivity contribution in [1.29, 1.82) is 0 Å². The Kier molecular flexibility index (Phi) is 4.45. The van der Waals surface area contributed by atoms with Crippen LogP contribution >= 0.6 is 39.7 Å². The Morgan fingerprint density at radius 3 is 2.63 bits per heavy atom. The minimum Gasteiger partial charge on any atom is -0.455 e. The zero-order valence-corrected chi connectivity index (χ0v) is 13.3. The lowest BCUT2D eigenvalue weighted by molar-refractivity contribution is 0.478. The summed E-state index contributed by atoms with van der Waals surface area (Å²) in [6.45, 7) is 2.01. The Morgan fingerprint density at radius 1 is 1.26 bits per heavy atom. The summed E-state index contributed by atoms with van der Waals surface area (Å²) >= 11 is 14.6. The average molecular weight is 357 g/mol. The van der Waals surface area contributed by atoms with Crippen LogP contribution in [0.25, 0.3) is 0 Å². The van der Waals surface area contributed by atoms with E-state index in [-0.39, 0.29) is 4.99 Å². The molecule has 0 radical (unpaired) electrons. The second-order valence-corrected chi connectivity index (χ2v) is 5.71. The highest BCUT2D eigenvalue weighted by Gasteiger charge is 2.13. The Bertz CT molecular complexity index is 645. The van der Waals surface area contributed by atoms with Crippen molar-refractivity contribution in [3.05, 3.63) is 57.0 Å². The number of ether oxygens (including phenoxy) is 1. The molecule has 0 bridgehead atoms. The maximum atomic E-state index is 6.10. The first-order chi connectivity index (χ1) is 8.99. The number of benzene rings is 2. The van der Waals surface area contributed by atoms with Crippen molar-refractivity contribution in [3.8, 4) is 11.5 Å². The van der Waals surface area contributed by atoms with E-state index in [0.717, 1.165) is 10.0 Å². The topological polar surface area (TPSA) is 35.2 Å². The number of hydrogen-bond donors (Lipinski definition) is 1. The summed E-state index contributed by atoms with van der Waals surface area (Å²) in [5, 5.41) is 0.480. The molecule has 0 saturated carbocycles. The third-order valence-electron chi connectivity index (χ3n) is 2.53. The van der Waals surface area contributed by atoms with Crippen LogP contribution in [0.1, 0.15) is 11.1 Å². The van der Waals surface area contributed by atoms with E-state index in [0.29, 0.717) is 22.1 Å². The monoisotopic (exact) mass is 355 g/mol. The molecule has 19 heavy (non-hydrogen) atoms. The van der Waals surface area contributed by atoms with Gasteiger partial charge in [0.25, 0.3) is 0 Å². The van der Waals surface area contributed by atoms with Gasteiger partial charge in [0.2, 0.25) is 0 Å². The number of thiocarbonyl (C=S) groups is 1. The molecule has 0 atom stereocenters. The summed E-state index contributed by atoms with van der Waals surface area (Å²) in [7, 11) is 0. The normalized spacial score (nSPS) is 10.3. The highest BCUT2D eigenvalue weighted by Crippen LogP contribution is 2.34. The van der Waals surface area contributed by atoms with Gasteiger partial charge in [0, 0.05) is 0 Å². The predicted octanol–water partition coefficient (Wildman–Crippen LogP) is 4.84. The van der Waals surface area contributed by atoms with Gasteiger partial charge in [0.1, 0.15) is 16.5 Å². The number of nitrogens with two attached hydrogens (primary N) is 1. The fourth-order valence-electron chi connectivity index (χ4n) is 1.64. The summed E-state index contributed by atoms with van der Waals surface area (Å²) in [5.74, 6) is 1.23. The lowest BCUT2D eigenvalue weighted by Gasteiger charge is -2.13. The van der Waals surface area contributed by atoms with Gasteiger partial charge in [0.05, 0.1) is 15.1 Å². The van der Waals surface area contributed by atoms with Gasteiger partial charge in [-0.1, -0.05) is 36.0 Å². The molecule has 0 fully saturated rings. The van der Waals surface area contributed by atoms with Crippen LogP contribution in [0.2, 0.25) is 5.02 Å². The fraction of sp³-hybridized carbons (Fsp3) is 0.0714. The van der Waals surface area contributed by atoms with Crippen LogP contribution in [0.15, 0.2) is 40.9 Å². The third kappa shape index (κ3) is 3.26. The zero-order chi connectivity index (χ0) is 14.0. The van der Waals surface area contributed by atoms with Crippen LogP contribution in [0.4, 0.5) is 0 Å². The van der Waals surface area contributed by atoms with Crippen molar-refractivity contribution in [3.63, 3.8) is 0 Å². The van der Waals surface area contributed by atoms with Crippen molar-refractivity contribution >= 4 is 44.7 Å². The van der Waals surface area contributed by atoms with E-state index in [9.17, 15) is 0 Å². The van der Waals surface area contributed by atoms with Crippen LogP contribution in [0.3, 0.4) is 0 Å². The second kappa shape index (κ2) is 5.90. The molecule has 0 spiro atoms. The fourth-order valence-corrected chi connectivity index (χ4v) is 2.74. The van der Waals surface area contributed by atoms with Crippen molar-refractivity contribution in [2.75, 3.05) is 0 Å². The van der Waals surface area contributed by atoms with Gasteiger partial charge in [-0.3, -0.25) is 0 Å². The standard InChI is InChI=1S/C14H11BrClNOS/c1-8-5-6-11(9(15)7-8)18-12-4-2-3-10(16)13(12)14(17)19/h2-7H,1H3,(H2,17,19). The SMILES string of the molecule is Cc1ccc(Oc2cccc(Cl)c2C(N)=S)c(Br)c1. The largest absolute Gasteiger partial charge is 0.455 e. The van der Waals surface area contributed by atoms with Crippen LogP contribution in [0, 0.1) is 6.92 Å². The van der Waals surface area contributed by atoms with E-state index in [4.69, 9.17) is 34.3 Å². The summed E-state index contributed by atoms with van der Waals surface area (Å²) in [4.78, 5) is 0.212. The van der Waals surface area contributed by atoms with Gasteiger partial charge in [-0.2, -0.15) is 0 Å². The molecule has 0 saturated heterocycles.